The molecule has 0 bridgehead atoms. The van der Waals surface area contributed by atoms with E-state index in [1.54, 1.807) is 37.0 Å². The summed E-state index contributed by atoms with van der Waals surface area (Å²) < 4.78 is 26.2. The van der Waals surface area contributed by atoms with E-state index in [2.05, 4.69) is 5.32 Å². The van der Waals surface area contributed by atoms with Crippen LogP contribution in [-0.2, 0) is 16.6 Å². The van der Waals surface area contributed by atoms with Gasteiger partial charge in [0, 0.05) is 37.0 Å². The lowest BCUT2D eigenvalue weighted by Gasteiger charge is -2.17. The Morgan fingerprint density at radius 1 is 1.43 bits per heavy atom. The summed E-state index contributed by atoms with van der Waals surface area (Å²) in [4.78, 5) is 0.256. The van der Waals surface area contributed by atoms with Gasteiger partial charge in [0.1, 0.15) is 0 Å². The zero-order valence-corrected chi connectivity index (χ0v) is 14.7. The van der Waals surface area contributed by atoms with Crippen LogP contribution in [-0.4, -0.2) is 44.4 Å². The monoisotopic (exact) mass is 348 g/mol. The minimum Gasteiger partial charge on any atom is -0.310 e. The molecule has 1 N–H and O–H groups in total. The van der Waals surface area contributed by atoms with Crippen LogP contribution < -0.4 is 5.32 Å². The average molecular weight is 349 g/mol. The smallest absolute Gasteiger partial charge is 0.242 e. The van der Waals surface area contributed by atoms with Gasteiger partial charge in [0.15, 0.2) is 0 Å². The number of hydrogen-bond donors (Lipinski definition) is 1. The third-order valence-electron chi connectivity index (χ3n) is 3.50. The zero-order valence-electron chi connectivity index (χ0n) is 12.3. The molecule has 0 spiro atoms. The van der Waals surface area contributed by atoms with E-state index >= 15 is 0 Å². The number of halogens is 1. The maximum atomic E-state index is 12.4. The molecule has 1 aromatic rings. The largest absolute Gasteiger partial charge is 0.310 e. The Kier molecular flexibility index (Phi) is 5.96. The average Bonchev–Trinajstić information content (AvgIpc) is 3.27. The van der Waals surface area contributed by atoms with Gasteiger partial charge in [0.05, 0.1) is 4.90 Å². The van der Waals surface area contributed by atoms with E-state index < -0.39 is 10.0 Å². The lowest BCUT2D eigenvalue weighted by molar-refractivity contribution is 0.488. The minimum atomic E-state index is -3.45. The van der Waals surface area contributed by atoms with Gasteiger partial charge in [-0.05, 0) is 36.8 Å². The summed E-state index contributed by atoms with van der Waals surface area (Å²) in [5.41, 5.74) is 0.939. The second-order valence-electron chi connectivity index (χ2n) is 5.23. The molecule has 1 aliphatic carbocycles. The van der Waals surface area contributed by atoms with Crippen LogP contribution in [0.3, 0.4) is 0 Å². The highest BCUT2D eigenvalue weighted by Crippen LogP contribution is 2.25. The Labute approximate surface area is 136 Å². The van der Waals surface area contributed by atoms with Crippen LogP contribution in [0.1, 0.15) is 18.4 Å². The van der Waals surface area contributed by atoms with Crippen LogP contribution in [0.25, 0.3) is 0 Å². The van der Waals surface area contributed by atoms with Crippen molar-refractivity contribution in [1.29, 1.82) is 0 Å². The van der Waals surface area contributed by atoms with Gasteiger partial charge in [-0.2, -0.15) is 11.8 Å². The van der Waals surface area contributed by atoms with Crippen LogP contribution in [0, 0.1) is 0 Å². The van der Waals surface area contributed by atoms with Crippen LogP contribution in [0.15, 0.2) is 23.1 Å². The molecule has 0 radical (unpaired) electrons. The van der Waals surface area contributed by atoms with E-state index in [0.29, 0.717) is 24.2 Å². The Balaban J connectivity index is 2.10. The fourth-order valence-corrected chi connectivity index (χ4v) is 3.98. The van der Waals surface area contributed by atoms with Gasteiger partial charge in [-0.3, -0.25) is 0 Å². The first kappa shape index (κ1) is 17.1. The van der Waals surface area contributed by atoms with Crippen molar-refractivity contribution < 1.29 is 8.42 Å². The maximum Gasteiger partial charge on any atom is 0.242 e. The highest BCUT2D eigenvalue weighted by atomic mass is 35.5. The second kappa shape index (κ2) is 7.33. The predicted molar refractivity (Wildman–Crippen MR) is 89.5 cm³/mol. The molecule has 1 saturated carbocycles. The zero-order chi connectivity index (χ0) is 15.5. The summed E-state index contributed by atoms with van der Waals surface area (Å²) in [7, 11) is -1.86. The maximum absolute atomic E-state index is 12.4. The molecule has 0 aliphatic heterocycles. The Morgan fingerprint density at radius 2 is 2.14 bits per heavy atom. The summed E-state index contributed by atoms with van der Waals surface area (Å²) in [5.74, 6) is 0.771. The number of nitrogens with zero attached hydrogens (tertiary/aromatic N) is 1. The number of hydrogen-bond acceptors (Lipinski definition) is 4. The molecule has 0 atom stereocenters. The Morgan fingerprint density at radius 3 is 2.71 bits per heavy atom. The lowest BCUT2D eigenvalue weighted by Crippen LogP contribution is -2.29. The third kappa shape index (κ3) is 4.60. The van der Waals surface area contributed by atoms with E-state index in [1.165, 1.54) is 17.1 Å². The lowest BCUT2D eigenvalue weighted by atomic mass is 10.2. The van der Waals surface area contributed by atoms with Crippen molar-refractivity contribution in [1.82, 2.24) is 9.62 Å². The molecular weight excluding hydrogens is 328 g/mol. The molecule has 0 aromatic heterocycles. The van der Waals surface area contributed by atoms with Gasteiger partial charge >= 0.3 is 0 Å². The van der Waals surface area contributed by atoms with Crippen molar-refractivity contribution in [3.8, 4) is 0 Å². The molecule has 1 fully saturated rings. The summed E-state index contributed by atoms with van der Waals surface area (Å²) in [6.07, 6.45) is 4.38. The number of sulfonamides is 1. The van der Waals surface area contributed by atoms with Crippen molar-refractivity contribution in [3.05, 3.63) is 28.8 Å². The van der Waals surface area contributed by atoms with Crippen molar-refractivity contribution in [2.24, 2.45) is 0 Å². The van der Waals surface area contributed by atoms with Gasteiger partial charge in [-0.25, -0.2) is 12.7 Å². The summed E-state index contributed by atoms with van der Waals surface area (Å²) in [6.45, 7) is 1.18. The van der Waals surface area contributed by atoms with Crippen molar-refractivity contribution in [2.75, 3.05) is 25.6 Å². The number of benzene rings is 1. The number of rotatable bonds is 8. The summed E-state index contributed by atoms with van der Waals surface area (Å²) in [6, 6.07) is 5.59. The standard InChI is InChI=1S/C14H21ClN2O2S2/c1-17(7-8-20-2)21(18,19)13-6-3-11(14(15)9-13)10-16-12-4-5-12/h3,6,9,12,16H,4-5,7-8,10H2,1-2H3. The van der Waals surface area contributed by atoms with Crippen molar-refractivity contribution >= 4 is 33.4 Å². The van der Waals surface area contributed by atoms with Crippen LogP contribution >= 0.6 is 23.4 Å². The molecule has 0 unspecified atom stereocenters. The third-order valence-corrected chi connectivity index (χ3v) is 6.30. The van der Waals surface area contributed by atoms with Crippen LogP contribution in [0.4, 0.5) is 0 Å². The first-order chi connectivity index (χ1) is 9.95. The van der Waals surface area contributed by atoms with E-state index in [0.717, 1.165) is 11.3 Å². The fraction of sp³-hybridized carbons (Fsp3) is 0.571. The number of nitrogens with one attached hydrogen (secondary N) is 1. The van der Waals surface area contributed by atoms with Crippen LogP contribution in [0.5, 0.6) is 0 Å². The quantitative estimate of drug-likeness (QED) is 0.784. The summed E-state index contributed by atoms with van der Waals surface area (Å²) in [5, 5.41) is 3.88. The molecule has 0 heterocycles. The second-order valence-corrected chi connectivity index (χ2v) is 8.67. The van der Waals surface area contributed by atoms with Gasteiger partial charge in [0.2, 0.25) is 10.0 Å². The molecule has 7 heteroatoms. The predicted octanol–water partition coefficient (Wildman–Crippen LogP) is 2.58. The van der Waals surface area contributed by atoms with Crippen molar-refractivity contribution in [2.45, 2.75) is 30.3 Å². The molecule has 2 rings (SSSR count). The van der Waals surface area contributed by atoms with E-state index in [9.17, 15) is 8.42 Å². The number of thioether (sulfide) groups is 1. The van der Waals surface area contributed by atoms with Crippen LogP contribution in [0.2, 0.25) is 5.02 Å². The molecule has 1 aromatic carbocycles. The first-order valence-electron chi connectivity index (χ1n) is 6.92. The first-order valence-corrected chi connectivity index (χ1v) is 10.1. The highest BCUT2D eigenvalue weighted by molar-refractivity contribution is 7.98. The van der Waals surface area contributed by atoms with E-state index in [-0.39, 0.29) is 4.90 Å². The minimum absolute atomic E-state index is 0.256. The normalized spacial score (nSPS) is 15.6. The molecular formula is C14H21ClN2O2S2. The SMILES string of the molecule is CSCCN(C)S(=O)(=O)c1ccc(CNC2CC2)c(Cl)c1. The fourth-order valence-electron chi connectivity index (χ4n) is 1.89. The molecule has 118 valence electrons. The Bertz CT molecular complexity index is 589. The van der Waals surface area contributed by atoms with Crippen molar-refractivity contribution in [3.63, 3.8) is 0 Å². The highest BCUT2D eigenvalue weighted by Gasteiger charge is 2.23. The van der Waals surface area contributed by atoms with E-state index in [1.807, 2.05) is 6.26 Å². The molecule has 1 aliphatic rings. The molecule has 0 amide bonds. The Hall–Kier alpha value is -0.270. The molecule has 0 saturated heterocycles. The van der Waals surface area contributed by atoms with Gasteiger partial charge in [-0.1, -0.05) is 17.7 Å². The molecule has 21 heavy (non-hydrogen) atoms. The van der Waals surface area contributed by atoms with Gasteiger partial charge in [0.25, 0.3) is 0 Å². The summed E-state index contributed by atoms with van der Waals surface area (Å²) >= 11 is 7.84. The topological polar surface area (TPSA) is 49.4 Å². The van der Waals surface area contributed by atoms with E-state index in [4.69, 9.17) is 11.6 Å². The van der Waals surface area contributed by atoms with Gasteiger partial charge < -0.3 is 5.32 Å². The molecule has 4 nitrogen and oxygen atoms in total. The van der Waals surface area contributed by atoms with Gasteiger partial charge in [-0.15, -0.1) is 0 Å².